The fourth-order valence-corrected chi connectivity index (χ4v) is 1.39. The van der Waals surface area contributed by atoms with Crippen molar-refractivity contribution in [1.29, 1.82) is 0 Å². The third-order valence-electron chi connectivity index (χ3n) is 2.20. The van der Waals surface area contributed by atoms with Crippen molar-refractivity contribution in [3.05, 3.63) is 48.2 Å². The van der Waals surface area contributed by atoms with Gasteiger partial charge in [0, 0.05) is 6.07 Å². The molecule has 1 aromatic carbocycles. The monoisotopic (exact) mass is 229 g/mol. The van der Waals surface area contributed by atoms with Crippen molar-refractivity contribution in [3.8, 4) is 17.4 Å². The zero-order valence-corrected chi connectivity index (χ0v) is 9.25. The molecular weight excluding hydrogens is 218 g/mol. The van der Waals surface area contributed by atoms with E-state index in [4.69, 9.17) is 9.84 Å². The van der Waals surface area contributed by atoms with E-state index in [1.54, 1.807) is 24.3 Å². The molecule has 0 saturated heterocycles. The number of pyridine rings is 1. The van der Waals surface area contributed by atoms with E-state index in [1.165, 1.54) is 25.3 Å². The van der Waals surface area contributed by atoms with Gasteiger partial charge in [-0.3, -0.25) is 4.79 Å². The average molecular weight is 229 g/mol. The minimum Gasteiger partial charge on any atom is -0.506 e. The van der Waals surface area contributed by atoms with Crippen molar-refractivity contribution in [1.82, 2.24) is 4.98 Å². The summed E-state index contributed by atoms with van der Waals surface area (Å²) in [6, 6.07) is 9.95. The number of para-hydroxylation sites is 1. The summed E-state index contributed by atoms with van der Waals surface area (Å²) >= 11 is 0. The van der Waals surface area contributed by atoms with Gasteiger partial charge in [0.2, 0.25) is 5.88 Å². The first-order valence-corrected chi connectivity index (χ1v) is 5.09. The molecule has 0 aliphatic carbocycles. The smallest absolute Gasteiger partial charge is 0.219 e. The van der Waals surface area contributed by atoms with Gasteiger partial charge in [0.25, 0.3) is 0 Å². The van der Waals surface area contributed by atoms with Crippen LogP contribution in [0.3, 0.4) is 0 Å². The van der Waals surface area contributed by atoms with Crippen molar-refractivity contribution in [2.45, 2.75) is 6.92 Å². The van der Waals surface area contributed by atoms with Gasteiger partial charge in [-0.25, -0.2) is 4.98 Å². The second-order valence-electron chi connectivity index (χ2n) is 3.51. The van der Waals surface area contributed by atoms with Gasteiger partial charge in [0.15, 0.2) is 5.78 Å². The SMILES string of the molecule is CC(=O)c1ccccc1Oc1ccc(O)cn1. The van der Waals surface area contributed by atoms with Crippen LogP contribution in [-0.2, 0) is 0 Å². The van der Waals surface area contributed by atoms with E-state index in [1.807, 2.05) is 0 Å². The maximum absolute atomic E-state index is 11.4. The summed E-state index contributed by atoms with van der Waals surface area (Å²) in [6.45, 7) is 1.48. The summed E-state index contributed by atoms with van der Waals surface area (Å²) in [5.41, 5.74) is 0.502. The summed E-state index contributed by atoms with van der Waals surface area (Å²) in [7, 11) is 0. The van der Waals surface area contributed by atoms with E-state index in [2.05, 4.69) is 4.98 Å². The number of carbonyl (C=O) groups is 1. The molecule has 86 valence electrons. The van der Waals surface area contributed by atoms with Crippen LogP contribution < -0.4 is 4.74 Å². The molecule has 1 aromatic heterocycles. The van der Waals surface area contributed by atoms with Crippen LogP contribution in [0.15, 0.2) is 42.6 Å². The average Bonchev–Trinajstić information content (AvgIpc) is 2.32. The number of Topliss-reactive ketones (excluding diaryl/α,β-unsaturated/α-hetero) is 1. The van der Waals surface area contributed by atoms with E-state index in [9.17, 15) is 4.79 Å². The predicted molar refractivity (Wildman–Crippen MR) is 62.4 cm³/mol. The molecule has 0 aliphatic rings. The molecule has 1 N–H and O–H groups in total. The van der Waals surface area contributed by atoms with Crippen LogP contribution in [0.4, 0.5) is 0 Å². The van der Waals surface area contributed by atoms with Gasteiger partial charge in [-0.05, 0) is 25.1 Å². The molecule has 0 radical (unpaired) electrons. The van der Waals surface area contributed by atoms with Gasteiger partial charge < -0.3 is 9.84 Å². The number of ketones is 1. The third-order valence-corrected chi connectivity index (χ3v) is 2.20. The van der Waals surface area contributed by atoms with Gasteiger partial charge in [0.05, 0.1) is 11.8 Å². The quantitative estimate of drug-likeness (QED) is 0.822. The van der Waals surface area contributed by atoms with Gasteiger partial charge in [0.1, 0.15) is 11.5 Å². The molecule has 0 unspecified atom stereocenters. The molecule has 0 spiro atoms. The second kappa shape index (κ2) is 4.65. The molecule has 0 atom stereocenters. The summed E-state index contributed by atoms with van der Waals surface area (Å²) < 4.78 is 5.48. The molecule has 2 aromatic rings. The lowest BCUT2D eigenvalue weighted by Crippen LogP contribution is -1.97. The number of hydrogen-bond donors (Lipinski definition) is 1. The molecule has 4 heteroatoms. The molecule has 0 fully saturated rings. The highest BCUT2D eigenvalue weighted by atomic mass is 16.5. The number of rotatable bonds is 3. The summed E-state index contributed by atoms with van der Waals surface area (Å²) in [4.78, 5) is 15.3. The van der Waals surface area contributed by atoms with Crippen LogP contribution in [0.5, 0.6) is 17.4 Å². The molecule has 0 aliphatic heterocycles. The molecule has 0 bridgehead atoms. The van der Waals surface area contributed by atoms with Crippen molar-refractivity contribution in [3.63, 3.8) is 0 Å². The lowest BCUT2D eigenvalue weighted by Gasteiger charge is -2.07. The number of aromatic nitrogens is 1. The summed E-state index contributed by atoms with van der Waals surface area (Å²) in [5.74, 6) is 0.784. The maximum atomic E-state index is 11.4. The number of benzene rings is 1. The Morgan fingerprint density at radius 1 is 1.24 bits per heavy atom. The Labute approximate surface area is 98.5 Å². The van der Waals surface area contributed by atoms with Gasteiger partial charge >= 0.3 is 0 Å². The molecule has 0 saturated carbocycles. The molecule has 2 rings (SSSR count). The van der Waals surface area contributed by atoms with Gasteiger partial charge in [-0.15, -0.1) is 0 Å². The van der Waals surface area contributed by atoms with Gasteiger partial charge in [-0.2, -0.15) is 0 Å². The van der Waals surface area contributed by atoms with E-state index in [0.29, 0.717) is 17.2 Å². The second-order valence-corrected chi connectivity index (χ2v) is 3.51. The molecule has 4 nitrogen and oxygen atoms in total. The van der Waals surface area contributed by atoms with Gasteiger partial charge in [-0.1, -0.05) is 12.1 Å². The lowest BCUT2D eigenvalue weighted by molar-refractivity contribution is 0.101. The highest BCUT2D eigenvalue weighted by Crippen LogP contribution is 2.24. The zero-order valence-electron chi connectivity index (χ0n) is 9.25. The Kier molecular flexibility index (Phi) is 3.05. The maximum Gasteiger partial charge on any atom is 0.219 e. The Hall–Kier alpha value is -2.36. The van der Waals surface area contributed by atoms with Crippen LogP contribution >= 0.6 is 0 Å². The number of aromatic hydroxyl groups is 1. The Balaban J connectivity index is 2.30. The van der Waals surface area contributed by atoms with Crippen LogP contribution in [0.2, 0.25) is 0 Å². The largest absolute Gasteiger partial charge is 0.506 e. The number of ether oxygens (including phenoxy) is 1. The lowest BCUT2D eigenvalue weighted by atomic mass is 10.1. The van der Waals surface area contributed by atoms with Crippen molar-refractivity contribution >= 4 is 5.78 Å². The molecular formula is C13H11NO3. The Bertz CT molecular complexity index is 535. The van der Waals surface area contributed by atoms with E-state index >= 15 is 0 Å². The van der Waals surface area contributed by atoms with Crippen molar-refractivity contribution in [2.24, 2.45) is 0 Å². The van der Waals surface area contributed by atoms with Crippen LogP contribution in [0.1, 0.15) is 17.3 Å². The number of hydrogen-bond acceptors (Lipinski definition) is 4. The predicted octanol–water partition coefficient (Wildman–Crippen LogP) is 2.78. The van der Waals surface area contributed by atoms with Crippen LogP contribution in [0, 0.1) is 0 Å². The standard InChI is InChI=1S/C13H11NO3/c1-9(15)11-4-2-3-5-12(11)17-13-7-6-10(16)8-14-13/h2-8,16H,1H3. The molecule has 1 heterocycles. The van der Waals surface area contributed by atoms with E-state index < -0.39 is 0 Å². The summed E-state index contributed by atoms with van der Waals surface area (Å²) in [6.07, 6.45) is 1.28. The third kappa shape index (κ3) is 2.60. The zero-order chi connectivity index (χ0) is 12.3. The van der Waals surface area contributed by atoms with Crippen molar-refractivity contribution < 1.29 is 14.6 Å². The topological polar surface area (TPSA) is 59.4 Å². The fraction of sp³-hybridized carbons (Fsp3) is 0.0769. The van der Waals surface area contributed by atoms with Crippen LogP contribution in [0.25, 0.3) is 0 Å². The fourth-order valence-electron chi connectivity index (χ4n) is 1.39. The molecule has 17 heavy (non-hydrogen) atoms. The Morgan fingerprint density at radius 2 is 2.00 bits per heavy atom. The highest BCUT2D eigenvalue weighted by Gasteiger charge is 2.08. The van der Waals surface area contributed by atoms with E-state index in [0.717, 1.165) is 0 Å². The Morgan fingerprint density at radius 3 is 2.65 bits per heavy atom. The minimum absolute atomic E-state index is 0.0669. The highest BCUT2D eigenvalue weighted by molar-refractivity contribution is 5.96. The first-order valence-electron chi connectivity index (χ1n) is 5.09. The normalized spacial score (nSPS) is 9.94. The van der Waals surface area contributed by atoms with Crippen LogP contribution in [-0.4, -0.2) is 15.9 Å². The van der Waals surface area contributed by atoms with Crippen molar-refractivity contribution in [2.75, 3.05) is 0 Å². The molecule has 0 amide bonds. The first kappa shape index (κ1) is 11.1. The minimum atomic E-state index is -0.0700. The van der Waals surface area contributed by atoms with E-state index in [-0.39, 0.29) is 11.5 Å². The summed E-state index contributed by atoms with van der Waals surface area (Å²) in [5, 5.41) is 9.09. The number of nitrogens with zero attached hydrogens (tertiary/aromatic N) is 1. The first-order chi connectivity index (χ1) is 8.16. The number of carbonyl (C=O) groups excluding carboxylic acids is 1.